The molecule has 7 aromatic carbocycles. The molecular formula is C68H73N3O7S2. The van der Waals surface area contributed by atoms with Crippen LogP contribution in [0.4, 0.5) is 0 Å². The number of carbonyl (C=O) groups is 4. The number of allylic oxidation sites excluding steroid dienone is 1. The summed E-state index contributed by atoms with van der Waals surface area (Å²) in [6, 6.07) is 65.6. The van der Waals surface area contributed by atoms with Gasteiger partial charge in [0.05, 0.1) is 40.6 Å². The Kier molecular flexibility index (Phi) is 22.7. The zero-order valence-electron chi connectivity index (χ0n) is 45.7. The van der Waals surface area contributed by atoms with E-state index in [0.29, 0.717) is 12.2 Å². The van der Waals surface area contributed by atoms with E-state index in [4.69, 9.17) is 4.74 Å². The van der Waals surface area contributed by atoms with Crippen LogP contribution in [0.3, 0.4) is 0 Å². The predicted octanol–water partition coefficient (Wildman–Crippen LogP) is 11.3. The predicted molar refractivity (Wildman–Crippen MR) is 325 cm³/mol. The quantitative estimate of drug-likeness (QED) is 0.0133. The van der Waals surface area contributed by atoms with Crippen molar-refractivity contribution in [1.29, 1.82) is 0 Å². The minimum absolute atomic E-state index is 0.0225. The third-order valence-corrected chi connectivity index (χ3v) is 17.1. The lowest BCUT2D eigenvalue weighted by atomic mass is 9.84. The van der Waals surface area contributed by atoms with Crippen LogP contribution in [0, 0.1) is 12.8 Å². The molecular weight excluding hydrogens is 1030 g/mol. The Morgan fingerprint density at radius 2 is 0.988 bits per heavy atom. The van der Waals surface area contributed by atoms with Crippen LogP contribution in [0.1, 0.15) is 77.6 Å². The molecule has 5 N–H and O–H groups in total. The van der Waals surface area contributed by atoms with E-state index in [-0.39, 0.29) is 37.5 Å². The molecule has 414 valence electrons. The van der Waals surface area contributed by atoms with Crippen LogP contribution in [-0.4, -0.2) is 82.3 Å². The van der Waals surface area contributed by atoms with Crippen molar-refractivity contribution in [3.05, 3.63) is 276 Å². The first-order chi connectivity index (χ1) is 38.8. The van der Waals surface area contributed by atoms with Gasteiger partial charge in [-0.3, -0.25) is 19.2 Å². The molecule has 0 bridgehead atoms. The zero-order chi connectivity index (χ0) is 56.7. The van der Waals surface area contributed by atoms with E-state index in [2.05, 4.69) is 95.3 Å². The monoisotopic (exact) mass is 1110 g/mol. The first kappa shape index (κ1) is 60.2. The van der Waals surface area contributed by atoms with Gasteiger partial charge in [-0.15, -0.1) is 23.5 Å². The fourth-order valence-electron chi connectivity index (χ4n) is 9.90. The largest absolute Gasteiger partial charge is 0.461 e. The molecule has 7 rings (SSSR count). The first-order valence-electron chi connectivity index (χ1n) is 27.2. The first-order valence-corrected chi connectivity index (χ1v) is 29.2. The summed E-state index contributed by atoms with van der Waals surface area (Å²) in [4.78, 5) is 56.7. The number of aryl methyl sites for hydroxylation is 1. The number of carbonyl (C=O) groups excluding carboxylic acids is 4. The smallest absolute Gasteiger partial charge is 0.308 e. The van der Waals surface area contributed by atoms with Crippen molar-refractivity contribution in [2.75, 3.05) is 18.1 Å². The fraction of sp³-hybridized carbons (Fsp3) is 0.265. The van der Waals surface area contributed by atoms with E-state index in [0.717, 1.165) is 44.5 Å². The molecule has 0 unspecified atom stereocenters. The SMILES string of the molecule is C=CCOC(=O)C[C@H](O)[C@H](NC(=O)[C@@H](CSC(c1ccccc1)(c1ccccc1)c1ccccc1)NC(=O)[C@@H](Cc1ccc(C)cc1)NC(=O)C[C@H](O)C=CCCSC(c1ccccc1)(c1ccccc1)c1ccccc1)C(C)C. The topological polar surface area (TPSA) is 154 Å². The summed E-state index contributed by atoms with van der Waals surface area (Å²) in [5, 5.41) is 31.7. The summed E-state index contributed by atoms with van der Waals surface area (Å²) in [6.07, 6.45) is 2.44. The molecule has 0 spiro atoms. The molecule has 3 amide bonds. The van der Waals surface area contributed by atoms with Gasteiger partial charge in [0.15, 0.2) is 0 Å². The van der Waals surface area contributed by atoms with E-state index in [9.17, 15) is 24.6 Å². The molecule has 0 fully saturated rings. The second-order valence-corrected chi connectivity index (χ2v) is 22.6. The number of aliphatic hydroxyl groups excluding tert-OH is 2. The maximum absolute atomic E-state index is 15.0. The Bertz CT molecular complexity index is 2870. The highest BCUT2D eigenvalue weighted by molar-refractivity contribution is 8.00. The van der Waals surface area contributed by atoms with Gasteiger partial charge < -0.3 is 30.9 Å². The van der Waals surface area contributed by atoms with Crippen molar-refractivity contribution in [1.82, 2.24) is 16.0 Å². The van der Waals surface area contributed by atoms with Crippen molar-refractivity contribution >= 4 is 47.2 Å². The van der Waals surface area contributed by atoms with E-state index in [1.807, 2.05) is 160 Å². The molecule has 5 atom stereocenters. The molecule has 0 heterocycles. The number of esters is 1. The number of benzene rings is 7. The summed E-state index contributed by atoms with van der Waals surface area (Å²) >= 11 is 3.27. The lowest BCUT2D eigenvalue weighted by molar-refractivity contribution is -0.145. The zero-order valence-corrected chi connectivity index (χ0v) is 47.4. The second kappa shape index (κ2) is 30.2. The van der Waals surface area contributed by atoms with Crippen LogP contribution in [0.5, 0.6) is 0 Å². The summed E-state index contributed by atoms with van der Waals surface area (Å²) in [6.45, 7) is 9.16. The van der Waals surface area contributed by atoms with Crippen molar-refractivity contribution in [3.63, 3.8) is 0 Å². The Hall–Kier alpha value is -7.48. The van der Waals surface area contributed by atoms with E-state index < -0.39 is 63.5 Å². The molecule has 12 heteroatoms. The molecule has 80 heavy (non-hydrogen) atoms. The van der Waals surface area contributed by atoms with Gasteiger partial charge >= 0.3 is 5.97 Å². The van der Waals surface area contributed by atoms with Crippen molar-refractivity contribution in [2.45, 2.75) is 86.3 Å². The Morgan fingerprint density at radius 3 is 1.41 bits per heavy atom. The molecule has 0 aliphatic heterocycles. The molecule has 10 nitrogen and oxygen atoms in total. The Balaban J connectivity index is 1.13. The lowest BCUT2D eigenvalue weighted by Gasteiger charge is -2.37. The van der Waals surface area contributed by atoms with Crippen LogP contribution in [0.2, 0.25) is 0 Å². The summed E-state index contributed by atoms with van der Waals surface area (Å²) in [7, 11) is 0. The fourth-order valence-corrected chi connectivity index (χ4v) is 12.9. The molecule has 0 saturated carbocycles. The van der Waals surface area contributed by atoms with Crippen molar-refractivity contribution in [3.8, 4) is 0 Å². The maximum Gasteiger partial charge on any atom is 0.308 e. The van der Waals surface area contributed by atoms with Crippen LogP contribution >= 0.6 is 23.5 Å². The summed E-state index contributed by atoms with van der Waals surface area (Å²) in [5.41, 5.74) is 8.05. The van der Waals surface area contributed by atoms with E-state index in [1.165, 1.54) is 17.8 Å². The Morgan fingerprint density at radius 1 is 0.562 bits per heavy atom. The third kappa shape index (κ3) is 16.1. The summed E-state index contributed by atoms with van der Waals surface area (Å²) < 4.78 is 3.78. The average molecular weight is 1110 g/mol. The number of nitrogens with one attached hydrogen (secondary N) is 3. The molecule has 0 saturated heterocycles. The van der Waals surface area contributed by atoms with Gasteiger partial charge in [-0.25, -0.2) is 0 Å². The van der Waals surface area contributed by atoms with E-state index >= 15 is 4.79 Å². The average Bonchev–Trinajstić information content (AvgIpc) is 3.49. The van der Waals surface area contributed by atoms with Gasteiger partial charge in [-0.1, -0.05) is 250 Å². The van der Waals surface area contributed by atoms with Crippen LogP contribution in [0.25, 0.3) is 0 Å². The third-order valence-electron chi connectivity index (χ3n) is 13.9. The van der Waals surface area contributed by atoms with Gasteiger partial charge in [-0.2, -0.15) is 0 Å². The van der Waals surface area contributed by atoms with Gasteiger partial charge in [0.2, 0.25) is 17.7 Å². The van der Waals surface area contributed by atoms with Gasteiger partial charge in [-0.05, 0) is 64.0 Å². The molecule has 0 radical (unpaired) electrons. The minimum atomic E-state index is -1.32. The second-order valence-electron chi connectivity index (χ2n) is 20.1. The minimum Gasteiger partial charge on any atom is -0.461 e. The number of aliphatic hydroxyl groups is 2. The molecule has 0 aliphatic carbocycles. The number of ether oxygens (including phenoxy) is 1. The normalized spacial score (nSPS) is 13.6. The van der Waals surface area contributed by atoms with Crippen molar-refractivity contribution < 1.29 is 34.1 Å². The molecule has 0 aliphatic rings. The molecule has 0 aromatic heterocycles. The highest BCUT2D eigenvalue weighted by Gasteiger charge is 2.41. The number of hydrogen-bond donors (Lipinski definition) is 5. The lowest BCUT2D eigenvalue weighted by Crippen LogP contribution is -2.58. The van der Waals surface area contributed by atoms with Crippen LogP contribution in [0.15, 0.2) is 231 Å². The summed E-state index contributed by atoms with van der Waals surface area (Å²) in [5.74, 6) is -2.06. The van der Waals surface area contributed by atoms with E-state index in [1.54, 1.807) is 17.8 Å². The van der Waals surface area contributed by atoms with Crippen LogP contribution < -0.4 is 16.0 Å². The van der Waals surface area contributed by atoms with Gasteiger partial charge in [0, 0.05) is 12.2 Å². The standard InChI is InChI=1S/C68H73N3O7S2/c1-5-43-78-63(75)47-61(73)64(49(2)3)71-66(77)60(48-80-68(55-32-18-9-19-33-55,56-34-20-10-21-35-56)57-36-22-11-23-37-57)70-65(76)59(45-51-41-39-50(4)40-42-51)69-62(74)46-58(72)38-24-25-44-79-67(52-26-12-6-13-27-52,53-28-14-7-15-29-53)54-30-16-8-17-31-54/h5-24,26-42,49,58-61,64,72-73H,1,25,43-48H2,2-4H3,(H,69,74)(H,70,76)(H,71,77)/t58-,59-,60-,61+,64-/m1/s1. The number of amides is 3. The van der Waals surface area contributed by atoms with Crippen molar-refractivity contribution in [2.24, 2.45) is 5.92 Å². The number of thioether (sulfide) groups is 2. The highest BCUT2D eigenvalue weighted by Crippen LogP contribution is 2.50. The molecule has 7 aromatic rings. The van der Waals surface area contributed by atoms with Gasteiger partial charge in [0.25, 0.3) is 0 Å². The van der Waals surface area contributed by atoms with Crippen LogP contribution in [-0.2, 0) is 39.8 Å². The number of hydrogen-bond acceptors (Lipinski definition) is 9. The maximum atomic E-state index is 15.0. The number of rotatable bonds is 29. The van der Waals surface area contributed by atoms with Gasteiger partial charge in [0.1, 0.15) is 18.7 Å². The Labute approximate surface area is 480 Å². The highest BCUT2D eigenvalue weighted by atomic mass is 32.2.